The zero-order valence-corrected chi connectivity index (χ0v) is 15.5. The monoisotopic (exact) mass is 470 g/mol. The highest BCUT2D eigenvalue weighted by atomic mass is 79.9. The van der Waals surface area contributed by atoms with Gasteiger partial charge in [-0.05, 0) is 34.5 Å². The summed E-state index contributed by atoms with van der Waals surface area (Å²) >= 11 is 10.5. The maximum atomic E-state index is 14.2. The predicted molar refractivity (Wildman–Crippen MR) is 96.5 cm³/mol. The first kappa shape index (κ1) is 15.2. The fraction of sp³-hybridized carbons (Fsp3) is 0.0588. The van der Waals surface area contributed by atoms with Crippen LogP contribution in [0.1, 0.15) is 16.0 Å². The van der Waals surface area contributed by atoms with Crippen LogP contribution >= 0.6 is 47.8 Å². The molecule has 0 fully saturated rings. The smallest absolute Gasteiger partial charge is 0.129 e. The van der Waals surface area contributed by atoms with Crippen LogP contribution in [0, 0.1) is 5.82 Å². The standard InChI is InChI=1S/C17H10Br3F/c18-10-5-6-14(16(21)9-10)17(20)13-7-8-15(19)12-4-2-1-3-11(12)13/h1-9,17H. The highest BCUT2D eigenvalue weighted by Crippen LogP contribution is 2.39. The third-order valence-corrected chi connectivity index (χ3v) is 5.58. The molecule has 1 atom stereocenters. The van der Waals surface area contributed by atoms with Crippen molar-refractivity contribution in [2.24, 2.45) is 0 Å². The second kappa shape index (κ2) is 6.19. The largest absolute Gasteiger partial charge is 0.207 e. The molecule has 0 amide bonds. The molecule has 0 nitrogen and oxygen atoms in total. The molecule has 1 unspecified atom stereocenters. The molecule has 0 radical (unpaired) electrons. The molecule has 3 aromatic carbocycles. The maximum Gasteiger partial charge on any atom is 0.129 e. The van der Waals surface area contributed by atoms with E-state index in [4.69, 9.17) is 0 Å². The van der Waals surface area contributed by atoms with Gasteiger partial charge < -0.3 is 0 Å². The Morgan fingerprint density at radius 2 is 1.48 bits per heavy atom. The molecule has 3 rings (SSSR count). The van der Waals surface area contributed by atoms with E-state index in [1.807, 2.05) is 30.3 Å². The lowest BCUT2D eigenvalue weighted by molar-refractivity contribution is 0.613. The van der Waals surface area contributed by atoms with Crippen LogP contribution in [0.2, 0.25) is 0 Å². The summed E-state index contributed by atoms with van der Waals surface area (Å²) < 4.78 is 16.0. The fourth-order valence-corrected chi connectivity index (χ4v) is 3.96. The van der Waals surface area contributed by atoms with Gasteiger partial charge >= 0.3 is 0 Å². The summed E-state index contributed by atoms with van der Waals surface area (Å²) in [4.78, 5) is -0.191. The van der Waals surface area contributed by atoms with Crippen molar-refractivity contribution < 1.29 is 4.39 Å². The van der Waals surface area contributed by atoms with Gasteiger partial charge in [0.25, 0.3) is 0 Å². The lowest BCUT2D eigenvalue weighted by Gasteiger charge is -2.15. The van der Waals surface area contributed by atoms with Crippen LogP contribution in [0.25, 0.3) is 10.8 Å². The van der Waals surface area contributed by atoms with Crippen LogP contribution < -0.4 is 0 Å². The molecular formula is C17H10Br3F. The molecule has 4 heteroatoms. The number of hydrogen-bond acceptors (Lipinski definition) is 0. The quantitative estimate of drug-likeness (QED) is 0.353. The zero-order valence-electron chi connectivity index (χ0n) is 10.8. The Labute approximate surface area is 147 Å². The Hall–Kier alpha value is -0.710. The topological polar surface area (TPSA) is 0 Å². The highest BCUT2D eigenvalue weighted by Gasteiger charge is 2.18. The van der Waals surface area contributed by atoms with E-state index < -0.39 is 0 Å². The van der Waals surface area contributed by atoms with E-state index in [0.717, 1.165) is 25.3 Å². The summed E-state index contributed by atoms with van der Waals surface area (Å²) in [5.74, 6) is -0.224. The van der Waals surface area contributed by atoms with Gasteiger partial charge in [0.05, 0.1) is 4.83 Å². The molecule has 0 bridgehead atoms. The van der Waals surface area contributed by atoms with Gasteiger partial charge in [-0.25, -0.2) is 4.39 Å². The minimum absolute atomic E-state index is 0.191. The summed E-state index contributed by atoms with van der Waals surface area (Å²) in [6.07, 6.45) is 0. The molecule has 0 spiro atoms. The Morgan fingerprint density at radius 3 is 2.19 bits per heavy atom. The molecule has 0 heterocycles. The van der Waals surface area contributed by atoms with Gasteiger partial charge in [-0.3, -0.25) is 0 Å². The molecule has 0 saturated carbocycles. The third kappa shape index (κ3) is 2.94. The fourth-order valence-electron chi connectivity index (χ4n) is 2.38. The van der Waals surface area contributed by atoms with Crippen molar-refractivity contribution in [3.8, 4) is 0 Å². The Balaban J connectivity index is 2.18. The summed E-state index contributed by atoms with van der Waals surface area (Å²) in [5.41, 5.74) is 1.68. The average molecular weight is 473 g/mol. The van der Waals surface area contributed by atoms with Gasteiger partial charge in [-0.15, -0.1) is 0 Å². The van der Waals surface area contributed by atoms with Crippen LogP contribution in [0.5, 0.6) is 0 Å². The first-order valence-corrected chi connectivity index (χ1v) is 8.84. The molecule has 0 aromatic heterocycles. The van der Waals surface area contributed by atoms with E-state index in [-0.39, 0.29) is 10.6 Å². The molecule has 0 N–H and O–H groups in total. The van der Waals surface area contributed by atoms with E-state index in [2.05, 4.69) is 59.9 Å². The Morgan fingerprint density at radius 1 is 0.810 bits per heavy atom. The average Bonchev–Trinajstić information content (AvgIpc) is 2.47. The number of rotatable bonds is 2. The van der Waals surface area contributed by atoms with Gasteiger partial charge in [-0.2, -0.15) is 0 Å². The van der Waals surface area contributed by atoms with Gasteiger partial charge in [0.2, 0.25) is 0 Å². The van der Waals surface area contributed by atoms with Gasteiger partial charge in [-0.1, -0.05) is 84.2 Å². The molecule has 0 aliphatic carbocycles. The summed E-state index contributed by atoms with van der Waals surface area (Å²) in [6, 6.07) is 17.3. The molecule has 0 aliphatic rings. The van der Waals surface area contributed by atoms with Crippen LogP contribution in [0.15, 0.2) is 63.5 Å². The van der Waals surface area contributed by atoms with E-state index in [1.54, 1.807) is 6.07 Å². The summed E-state index contributed by atoms with van der Waals surface area (Å²) in [6.45, 7) is 0. The Bertz CT molecular complexity index is 814. The zero-order chi connectivity index (χ0) is 15.0. The van der Waals surface area contributed by atoms with Crippen molar-refractivity contribution in [2.45, 2.75) is 4.83 Å². The number of hydrogen-bond donors (Lipinski definition) is 0. The predicted octanol–water partition coefficient (Wildman–Crippen LogP) is 6.99. The maximum absolute atomic E-state index is 14.2. The van der Waals surface area contributed by atoms with Crippen LogP contribution in [-0.2, 0) is 0 Å². The SMILES string of the molecule is Fc1cc(Br)ccc1C(Br)c1ccc(Br)c2ccccc12. The van der Waals surface area contributed by atoms with Crippen LogP contribution in [-0.4, -0.2) is 0 Å². The molecule has 21 heavy (non-hydrogen) atoms. The van der Waals surface area contributed by atoms with Crippen molar-refractivity contribution in [3.63, 3.8) is 0 Å². The lowest BCUT2D eigenvalue weighted by atomic mass is 9.98. The molecule has 3 aromatic rings. The third-order valence-electron chi connectivity index (χ3n) is 3.41. The van der Waals surface area contributed by atoms with Crippen molar-refractivity contribution in [3.05, 3.63) is 80.5 Å². The first-order valence-electron chi connectivity index (χ1n) is 6.34. The van der Waals surface area contributed by atoms with Crippen LogP contribution in [0.3, 0.4) is 0 Å². The van der Waals surface area contributed by atoms with E-state index in [1.165, 1.54) is 6.07 Å². The normalized spacial score (nSPS) is 12.6. The highest BCUT2D eigenvalue weighted by molar-refractivity contribution is 9.11. The second-order valence-corrected chi connectivity index (χ2v) is 7.40. The van der Waals surface area contributed by atoms with Gasteiger partial charge in [0.15, 0.2) is 0 Å². The minimum Gasteiger partial charge on any atom is -0.207 e. The number of alkyl halides is 1. The molecule has 106 valence electrons. The first-order chi connectivity index (χ1) is 10.1. The van der Waals surface area contributed by atoms with Crippen molar-refractivity contribution in [1.29, 1.82) is 0 Å². The summed E-state index contributed by atoms with van der Waals surface area (Å²) in [7, 11) is 0. The van der Waals surface area contributed by atoms with Crippen LogP contribution in [0.4, 0.5) is 4.39 Å². The molecule has 0 saturated heterocycles. The van der Waals surface area contributed by atoms with E-state index >= 15 is 0 Å². The number of benzene rings is 3. The second-order valence-electron chi connectivity index (χ2n) is 4.71. The van der Waals surface area contributed by atoms with E-state index in [0.29, 0.717) is 5.56 Å². The molecule has 0 aliphatic heterocycles. The Kier molecular flexibility index (Phi) is 4.48. The number of fused-ring (bicyclic) bond motifs is 1. The minimum atomic E-state index is -0.224. The van der Waals surface area contributed by atoms with Crippen molar-refractivity contribution in [2.75, 3.05) is 0 Å². The van der Waals surface area contributed by atoms with Gasteiger partial charge in [0, 0.05) is 14.5 Å². The van der Waals surface area contributed by atoms with Gasteiger partial charge in [0.1, 0.15) is 5.82 Å². The number of halogens is 4. The summed E-state index contributed by atoms with van der Waals surface area (Å²) in [5, 5.41) is 2.23. The van der Waals surface area contributed by atoms with Crippen molar-refractivity contribution in [1.82, 2.24) is 0 Å². The molecular weight excluding hydrogens is 463 g/mol. The van der Waals surface area contributed by atoms with E-state index in [9.17, 15) is 4.39 Å². The lowest BCUT2D eigenvalue weighted by Crippen LogP contribution is -1.98. The van der Waals surface area contributed by atoms with Crippen molar-refractivity contribution >= 4 is 58.6 Å².